The van der Waals surface area contributed by atoms with Crippen molar-refractivity contribution in [3.05, 3.63) is 36.0 Å². The highest BCUT2D eigenvalue weighted by Crippen LogP contribution is 2.20. The third-order valence-electron chi connectivity index (χ3n) is 3.47. The lowest BCUT2D eigenvalue weighted by molar-refractivity contribution is 0.0689. The van der Waals surface area contributed by atoms with E-state index in [-0.39, 0.29) is 5.91 Å². The molecule has 1 saturated heterocycles. The molecule has 1 fully saturated rings. The highest BCUT2D eigenvalue weighted by Gasteiger charge is 2.28. The summed E-state index contributed by atoms with van der Waals surface area (Å²) in [5, 5.41) is 13.2. The zero-order valence-corrected chi connectivity index (χ0v) is 10.4. The minimum atomic E-state index is -0.394. The maximum Gasteiger partial charge on any atom is 0.257 e. The van der Waals surface area contributed by atoms with Crippen LogP contribution in [0.5, 0.6) is 0 Å². The second-order valence-electron chi connectivity index (χ2n) is 4.60. The number of nitriles is 1. The molecule has 96 valence electrons. The number of aromatic amines is 1. The number of hydrogen-bond donors (Lipinski definition) is 2. The van der Waals surface area contributed by atoms with Crippen LogP contribution in [-0.4, -0.2) is 41.5 Å². The smallest absolute Gasteiger partial charge is 0.257 e. The summed E-state index contributed by atoms with van der Waals surface area (Å²) in [7, 11) is 0. The molecule has 2 N–H and O–H groups in total. The van der Waals surface area contributed by atoms with Gasteiger partial charge in [0.1, 0.15) is 6.04 Å². The van der Waals surface area contributed by atoms with Gasteiger partial charge in [-0.2, -0.15) is 5.26 Å². The first kappa shape index (κ1) is 11.8. The van der Waals surface area contributed by atoms with Gasteiger partial charge in [0.05, 0.1) is 11.6 Å². The van der Waals surface area contributed by atoms with Gasteiger partial charge in [0.25, 0.3) is 5.91 Å². The van der Waals surface area contributed by atoms with Crippen LogP contribution >= 0.6 is 0 Å². The van der Waals surface area contributed by atoms with Gasteiger partial charge in [0.2, 0.25) is 0 Å². The Labute approximate surface area is 110 Å². The van der Waals surface area contributed by atoms with E-state index in [1.165, 1.54) is 0 Å². The topological polar surface area (TPSA) is 71.9 Å². The van der Waals surface area contributed by atoms with E-state index >= 15 is 0 Å². The van der Waals surface area contributed by atoms with Gasteiger partial charge < -0.3 is 15.2 Å². The molecule has 1 aliphatic rings. The molecule has 3 rings (SSSR count). The van der Waals surface area contributed by atoms with Gasteiger partial charge in [0, 0.05) is 36.7 Å². The second-order valence-corrected chi connectivity index (χ2v) is 4.60. The third-order valence-corrected chi connectivity index (χ3v) is 3.47. The molecule has 0 spiro atoms. The van der Waals surface area contributed by atoms with E-state index in [2.05, 4.69) is 16.4 Å². The van der Waals surface area contributed by atoms with Gasteiger partial charge in [0.15, 0.2) is 0 Å². The Morgan fingerprint density at radius 3 is 3.11 bits per heavy atom. The van der Waals surface area contributed by atoms with Crippen molar-refractivity contribution in [2.45, 2.75) is 6.04 Å². The molecule has 5 heteroatoms. The Kier molecular flexibility index (Phi) is 2.94. The van der Waals surface area contributed by atoms with E-state index in [0.29, 0.717) is 18.7 Å². The number of carbonyl (C=O) groups excluding carboxylic acids is 1. The molecule has 19 heavy (non-hydrogen) atoms. The van der Waals surface area contributed by atoms with Gasteiger partial charge >= 0.3 is 0 Å². The first-order valence-corrected chi connectivity index (χ1v) is 6.28. The predicted molar refractivity (Wildman–Crippen MR) is 71.6 cm³/mol. The fraction of sp³-hybridized carbons (Fsp3) is 0.286. The Balaban J connectivity index is 1.97. The molecule has 1 aliphatic heterocycles. The van der Waals surface area contributed by atoms with Gasteiger partial charge in [-0.15, -0.1) is 0 Å². The number of carbonyl (C=O) groups is 1. The van der Waals surface area contributed by atoms with E-state index < -0.39 is 6.04 Å². The highest BCUT2D eigenvalue weighted by atomic mass is 16.2. The fourth-order valence-corrected chi connectivity index (χ4v) is 2.47. The lowest BCUT2D eigenvalue weighted by Crippen LogP contribution is -2.52. The van der Waals surface area contributed by atoms with Gasteiger partial charge in [-0.3, -0.25) is 4.79 Å². The highest BCUT2D eigenvalue weighted by molar-refractivity contribution is 6.06. The van der Waals surface area contributed by atoms with Crippen LogP contribution in [0, 0.1) is 11.3 Å². The number of aromatic nitrogens is 1. The molecular weight excluding hydrogens is 240 g/mol. The molecule has 5 nitrogen and oxygen atoms in total. The molecule has 1 amide bonds. The number of fused-ring (bicyclic) bond motifs is 1. The number of piperazine rings is 1. The number of nitrogens with zero attached hydrogens (tertiary/aromatic N) is 2. The normalized spacial score (nSPS) is 19.3. The summed E-state index contributed by atoms with van der Waals surface area (Å²) >= 11 is 0. The van der Waals surface area contributed by atoms with Crippen LogP contribution in [0.3, 0.4) is 0 Å². The fourth-order valence-electron chi connectivity index (χ4n) is 2.47. The Hall–Kier alpha value is -2.32. The summed E-state index contributed by atoms with van der Waals surface area (Å²) in [5.41, 5.74) is 1.58. The van der Waals surface area contributed by atoms with E-state index in [0.717, 1.165) is 17.4 Å². The van der Waals surface area contributed by atoms with Gasteiger partial charge in [-0.25, -0.2) is 0 Å². The molecule has 1 unspecified atom stereocenters. The molecule has 2 heterocycles. The SMILES string of the molecule is N#CC1CNCCN1C(=O)c1c[nH]c2ccccc12. The molecule has 1 atom stereocenters. The summed E-state index contributed by atoms with van der Waals surface area (Å²) < 4.78 is 0. The van der Waals surface area contributed by atoms with Crippen molar-refractivity contribution in [1.29, 1.82) is 5.26 Å². The monoisotopic (exact) mass is 254 g/mol. The standard InChI is InChI=1S/C14H14N4O/c15-7-10-8-16-5-6-18(10)14(19)12-9-17-13-4-2-1-3-11(12)13/h1-4,9-10,16-17H,5-6,8H2. The molecule has 2 aromatic rings. The Morgan fingerprint density at radius 1 is 1.42 bits per heavy atom. The van der Waals surface area contributed by atoms with Gasteiger partial charge in [-0.1, -0.05) is 18.2 Å². The number of amides is 1. The molecule has 0 radical (unpaired) electrons. The van der Waals surface area contributed by atoms with Crippen LogP contribution < -0.4 is 5.32 Å². The molecular formula is C14H14N4O. The summed E-state index contributed by atoms with van der Waals surface area (Å²) in [6.45, 7) is 1.83. The lowest BCUT2D eigenvalue weighted by Gasteiger charge is -2.31. The first-order chi connectivity index (χ1) is 9.31. The zero-order valence-electron chi connectivity index (χ0n) is 10.4. The van der Waals surface area contributed by atoms with Crippen molar-refractivity contribution < 1.29 is 4.79 Å². The second kappa shape index (κ2) is 4.75. The summed E-state index contributed by atoms with van der Waals surface area (Å²) in [6.07, 6.45) is 1.73. The number of benzene rings is 1. The van der Waals surface area contributed by atoms with Crippen LogP contribution in [0.25, 0.3) is 10.9 Å². The Morgan fingerprint density at radius 2 is 2.26 bits per heavy atom. The average molecular weight is 254 g/mol. The van der Waals surface area contributed by atoms with E-state index in [1.807, 2.05) is 24.3 Å². The summed E-state index contributed by atoms with van der Waals surface area (Å²) in [5.74, 6) is -0.0782. The number of H-pyrrole nitrogens is 1. The minimum absolute atomic E-state index is 0.0782. The largest absolute Gasteiger partial charge is 0.360 e. The molecule has 0 bridgehead atoms. The van der Waals surface area contributed by atoms with Crippen LogP contribution in [-0.2, 0) is 0 Å². The summed E-state index contributed by atoms with van der Waals surface area (Å²) in [4.78, 5) is 17.3. The Bertz CT molecular complexity index is 655. The van der Waals surface area contributed by atoms with E-state index in [1.54, 1.807) is 11.1 Å². The number of rotatable bonds is 1. The molecule has 1 aromatic heterocycles. The van der Waals surface area contributed by atoms with Crippen molar-refractivity contribution in [2.75, 3.05) is 19.6 Å². The zero-order chi connectivity index (χ0) is 13.2. The van der Waals surface area contributed by atoms with Crippen molar-refractivity contribution in [2.24, 2.45) is 0 Å². The van der Waals surface area contributed by atoms with Crippen LogP contribution in [0.15, 0.2) is 30.5 Å². The maximum atomic E-state index is 12.6. The molecule has 0 saturated carbocycles. The maximum absolute atomic E-state index is 12.6. The number of para-hydroxylation sites is 1. The number of hydrogen-bond acceptors (Lipinski definition) is 3. The van der Waals surface area contributed by atoms with Crippen LogP contribution in [0.2, 0.25) is 0 Å². The first-order valence-electron chi connectivity index (χ1n) is 6.28. The third kappa shape index (κ3) is 1.96. The quantitative estimate of drug-likeness (QED) is 0.800. The van der Waals surface area contributed by atoms with Gasteiger partial charge in [-0.05, 0) is 6.07 Å². The van der Waals surface area contributed by atoms with E-state index in [4.69, 9.17) is 5.26 Å². The lowest BCUT2D eigenvalue weighted by atomic mass is 10.1. The average Bonchev–Trinajstić information content (AvgIpc) is 2.90. The number of nitrogens with one attached hydrogen (secondary N) is 2. The van der Waals surface area contributed by atoms with Crippen LogP contribution in [0.1, 0.15) is 10.4 Å². The summed E-state index contributed by atoms with van der Waals surface area (Å²) in [6, 6.07) is 9.47. The van der Waals surface area contributed by atoms with E-state index in [9.17, 15) is 4.79 Å². The van der Waals surface area contributed by atoms with Crippen LogP contribution in [0.4, 0.5) is 0 Å². The van der Waals surface area contributed by atoms with Crippen molar-refractivity contribution in [3.63, 3.8) is 0 Å². The molecule has 0 aliphatic carbocycles. The van der Waals surface area contributed by atoms with Crippen molar-refractivity contribution in [1.82, 2.24) is 15.2 Å². The predicted octanol–water partition coefficient (Wildman–Crippen LogP) is 1.11. The van der Waals surface area contributed by atoms with Crippen molar-refractivity contribution in [3.8, 4) is 6.07 Å². The minimum Gasteiger partial charge on any atom is -0.360 e. The van der Waals surface area contributed by atoms with Crippen molar-refractivity contribution >= 4 is 16.8 Å². The molecule has 1 aromatic carbocycles.